The van der Waals surface area contributed by atoms with Gasteiger partial charge in [-0.25, -0.2) is 4.98 Å². The lowest BCUT2D eigenvalue weighted by Crippen LogP contribution is -2.13. The molecular weight excluding hydrogens is 242 g/mol. The van der Waals surface area contributed by atoms with Crippen LogP contribution in [-0.2, 0) is 6.42 Å². The van der Waals surface area contributed by atoms with Crippen molar-refractivity contribution in [2.75, 3.05) is 6.54 Å². The summed E-state index contributed by atoms with van der Waals surface area (Å²) in [5.74, 6) is 0.515. The van der Waals surface area contributed by atoms with Gasteiger partial charge in [-0.3, -0.25) is 4.79 Å². The summed E-state index contributed by atoms with van der Waals surface area (Å²) in [6, 6.07) is 9.10. The van der Waals surface area contributed by atoms with Gasteiger partial charge in [0.15, 0.2) is 0 Å². The van der Waals surface area contributed by atoms with Crippen LogP contribution in [0.15, 0.2) is 45.8 Å². The fourth-order valence-corrected chi connectivity index (χ4v) is 2.07. The van der Waals surface area contributed by atoms with E-state index >= 15 is 0 Å². The maximum Gasteiger partial charge on any atom is 0.251 e. The Labute approximate surface area is 109 Å². The van der Waals surface area contributed by atoms with Crippen molar-refractivity contribution >= 4 is 11.0 Å². The number of nitrogens with zero attached hydrogens (tertiary/aromatic N) is 1. The Balaban J connectivity index is 2.18. The lowest BCUT2D eigenvalue weighted by Gasteiger charge is -2.01. The largest absolute Gasteiger partial charge is 0.464 e. The van der Waals surface area contributed by atoms with E-state index in [1.54, 1.807) is 6.26 Å². The number of fused-ring (bicyclic) bond motifs is 1. The van der Waals surface area contributed by atoms with Crippen molar-refractivity contribution in [1.29, 1.82) is 0 Å². The number of aromatic amines is 1. The van der Waals surface area contributed by atoms with Crippen molar-refractivity contribution < 1.29 is 4.42 Å². The molecule has 0 amide bonds. The van der Waals surface area contributed by atoms with Crippen molar-refractivity contribution in [2.24, 2.45) is 5.73 Å². The lowest BCUT2D eigenvalue weighted by molar-refractivity contribution is 0.616. The molecule has 0 spiro atoms. The molecule has 3 rings (SSSR count). The number of nitrogens with two attached hydrogens (primary N) is 1. The Kier molecular flexibility index (Phi) is 2.89. The number of aromatic nitrogens is 2. The van der Waals surface area contributed by atoms with Crippen molar-refractivity contribution in [1.82, 2.24) is 9.97 Å². The van der Waals surface area contributed by atoms with Crippen LogP contribution in [0.25, 0.3) is 22.4 Å². The summed E-state index contributed by atoms with van der Waals surface area (Å²) in [4.78, 5) is 18.8. The second-order valence-corrected chi connectivity index (χ2v) is 4.27. The smallest absolute Gasteiger partial charge is 0.251 e. The molecule has 0 atom stereocenters. The molecule has 96 valence electrons. The van der Waals surface area contributed by atoms with E-state index in [4.69, 9.17) is 10.2 Å². The minimum Gasteiger partial charge on any atom is -0.464 e. The zero-order valence-corrected chi connectivity index (χ0v) is 10.2. The molecule has 0 saturated heterocycles. The van der Waals surface area contributed by atoms with Gasteiger partial charge >= 0.3 is 0 Å². The van der Waals surface area contributed by atoms with Crippen LogP contribution in [0, 0.1) is 0 Å². The maximum absolute atomic E-state index is 11.7. The number of benzene rings is 1. The normalized spacial score (nSPS) is 11.0. The summed E-state index contributed by atoms with van der Waals surface area (Å²) in [5.41, 5.74) is 7.56. The number of furan rings is 1. The van der Waals surface area contributed by atoms with Gasteiger partial charge in [-0.1, -0.05) is 18.2 Å². The molecular formula is C14H13N3O2. The molecule has 0 bridgehead atoms. The molecule has 0 saturated carbocycles. The minimum atomic E-state index is -0.182. The van der Waals surface area contributed by atoms with Crippen LogP contribution < -0.4 is 11.3 Å². The summed E-state index contributed by atoms with van der Waals surface area (Å²) >= 11 is 0. The summed E-state index contributed by atoms with van der Waals surface area (Å²) in [7, 11) is 0. The predicted octanol–water partition coefficient (Wildman–Crippen LogP) is 1.68. The van der Waals surface area contributed by atoms with E-state index in [1.165, 1.54) is 6.07 Å². The molecule has 1 aromatic carbocycles. The topological polar surface area (TPSA) is 84.9 Å². The van der Waals surface area contributed by atoms with E-state index < -0.39 is 0 Å². The van der Waals surface area contributed by atoms with Crippen molar-refractivity contribution in [2.45, 2.75) is 6.42 Å². The summed E-state index contributed by atoms with van der Waals surface area (Å²) in [6.45, 7) is 0.460. The predicted molar refractivity (Wildman–Crippen MR) is 72.8 cm³/mol. The first-order chi connectivity index (χ1) is 9.28. The third-order valence-electron chi connectivity index (χ3n) is 2.93. The molecule has 0 radical (unpaired) electrons. The molecule has 5 heteroatoms. The SMILES string of the molecule is NCCc1cc(=O)[nH]c(-c2coc3ccccc23)n1. The highest BCUT2D eigenvalue weighted by Gasteiger charge is 2.10. The first kappa shape index (κ1) is 11.7. The number of rotatable bonds is 3. The van der Waals surface area contributed by atoms with Crippen LogP contribution in [0.1, 0.15) is 5.69 Å². The van der Waals surface area contributed by atoms with Gasteiger partial charge in [-0.05, 0) is 12.6 Å². The molecule has 19 heavy (non-hydrogen) atoms. The molecule has 0 aliphatic rings. The number of hydrogen-bond donors (Lipinski definition) is 2. The molecule has 3 N–H and O–H groups in total. The zero-order valence-electron chi connectivity index (χ0n) is 10.2. The first-order valence-corrected chi connectivity index (χ1v) is 6.05. The number of nitrogens with one attached hydrogen (secondary N) is 1. The molecule has 2 heterocycles. The van der Waals surface area contributed by atoms with Gasteiger partial charge in [0.05, 0.1) is 5.56 Å². The van der Waals surface area contributed by atoms with Gasteiger partial charge in [0, 0.05) is 23.6 Å². The summed E-state index contributed by atoms with van der Waals surface area (Å²) in [6.07, 6.45) is 2.18. The number of para-hydroxylation sites is 1. The molecule has 2 aromatic heterocycles. The average molecular weight is 255 g/mol. The molecule has 3 aromatic rings. The van der Waals surface area contributed by atoms with Crippen LogP contribution in [0.2, 0.25) is 0 Å². The van der Waals surface area contributed by atoms with Crippen LogP contribution in [-0.4, -0.2) is 16.5 Å². The zero-order chi connectivity index (χ0) is 13.2. The maximum atomic E-state index is 11.7. The van der Waals surface area contributed by atoms with Crippen LogP contribution >= 0.6 is 0 Å². The lowest BCUT2D eigenvalue weighted by atomic mass is 10.1. The van der Waals surface area contributed by atoms with E-state index in [9.17, 15) is 4.79 Å². The van der Waals surface area contributed by atoms with Gasteiger partial charge in [0.1, 0.15) is 17.7 Å². The van der Waals surface area contributed by atoms with E-state index in [2.05, 4.69) is 9.97 Å². The monoisotopic (exact) mass is 255 g/mol. The van der Waals surface area contributed by atoms with E-state index in [-0.39, 0.29) is 5.56 Å². The summed E-state index contributed by atoms with van der Waals surface area (Å²) < 4.78 is 5.46. The van der Waals surface area contributed by atoms with Crippen molar-refractivity contribution in [3.63, 3.8) is 0 Å². The van der Waals surface area contributed by atoms with Crippen LogP contribution in [0.4, 0.5) is 0 Å². The third kappa shape index (κ3) is 2.15. The Morgan fingerprint density at radius 2 is 2.16 bits per heavy atom. The highest BCUT2D eigenvalue weighted by Crippen LogP contribution is 2.27. The van der Waals surface area contributed by atoms with Gasteiger partial charge < -0.3 is 15.1 Å². The van der Waals surface area contributed by atoms with E-state index in [0.29, 0.717) is 24.5 Å². The Morgan fingerprint density at radius 3 is 3.00 bits per heavy atom. The Morgan fingerprint density at radius 1 is 1.32 bits per heavy atom. The molecule has 0 aliphatic heterocycles. The standard InChI is InChI=1S/C14H13N3O2/c15-6-5-9-7-13(18)17-14(16-9)11-8-19-12-4-2-1-3-10(11)12/h1-4,7-8H,5-6,15H2,(H,16,17,18). The fourth-order valence-electron chi connectivity index (χ4n) is 2.07. The number of H-pyrrole nitrogens is 1. The average Bonchev–Trinajstić information content (AvgIpc) is 2.82. The molecule has 5 nitrogen and oxygen atoms in total. The van der Waals surface area contributed by atoms with Crippen molar-refractivity contribution in [3.8, 4) is 11.4 Å². The van der Waals surface area contributed by atoms with Gasteiger partial charge in [-0.15, -0.1) is 0 Å². The first-order valence-electron chi connectivity index (χ1n) is 6.05. The second-order valence-electron chi connectivity index (χ2n) is 4.27. The summed E-state index contributed by atoms with van der Waals surface area (Å²) in [5, 5.41) is 0.926. The highest BCUT2D eigenvalue weighted by atomic mass is 16.3. The van der Waals surface area contributed by atoms with Crippen LogP contribution in [0.5, 0.6) is 0 Å². The highest BCUT2D eigenvalue weighted by molar-refractivity contribution is 5.91. The molecule has 0 unspecified atom stereocenters. The molecule has 0 fully saturated rings. The Bertz CT molecular complexity index is 773. The molecule has 0 aliphatic carbocycles. The minimum absolute atomic E-state index is 0.182. The van der Waals surface area contributed by atoms with Gasteiger partial charge in [0.25, 0.3) is 5.56 Å². The number of hydrogen-bond acceptors (Lipinski definition) is 4. The quantitative estimate of drug-likeness (QED) is 0.745. The van der Waals surface area contributed by atoms with Gasteiger partial charge in [0.2, 0.25) is 0 Å². The third-order valence-corrected chi connectivity index (χ3v) is 2.93. The fraction of sp³-hybridized carbons (Fsp3) is 0.143. The van der Waals surface area contributed by atoms with E-state index in [1.807, 2.05) is 24.3 Å². The second kappa shape index (κ2) is 4.70. The van der Waals surface area contributed by atoms with Crippen LogP contribution in [0.3, 0.4) is 0 Å². The Hall–Kier alpha value is -2.40. The van der Waals surface area contributed by atoms with Gasteiger partial charge in [-0.2, -0.15) is 0 Å². The van der Waals surface area contributed by atoms with E-state index in [0.717, 1.165) is 16.5 Å². The van der Waals surface area contributed by atoms with Crippen molar-refractivity contribution in [3.05, 3.63) is 52.6 Å².